The van der Waals surface area contributed by atoms with Crippen LogP contribution in [0.2, 0.25) is 0 Å². The topological polar surface area (TPSA) is 101 Å². The third-order valence-corrected chi connectivity index (χ3v) is 5.17. The highest BCUT2D eigenvalue weighted by Gasteiger charge is 2.40. The molecule has 1 aromatic rings. The lowest BCUT2D eigenvalue weighted by molar-refractivity contribution is -0.136. The van der Waals surface area contributed by atoms with Crippen LogP contribution in [-0.4, -0.2) is 54.6 Å². The zero-order valence-corrected chi connectivity index (χ0v) is 12.0. The Kier molecular flexibility index (Phi) is 4.46. The molecule has 2 rings (SSSR count). The largest absolute Gasteiger partial charge is 0.480 e. The average molecular weight is 313 g/mol. The number of carbonyl (C=O) groups is 2. The van der Waals surface area contributed by atoms with E-state index in [1.807, 2.05) is 6.07 Å². The molecule has 7 nitrogen and oxygen atoms in total. The van der Waals surface area contributed by atoms with Crippen LogP contribution in [0, 0.1) is 0 Å². The van der Waals surface area contributed by atoms with Crippen LogP contribution in [0.3, 0.4) is 0 Å². The fourth-order valence-corrected chi connectivity index (χ4v) is 3.47. The number of benzene rings is 1. The third kappa shape index (κ3) is 3.72. The van der Waals surface area contributed by atoms with E-state index < -0.39 is 27.1 Å². The smallest absolute Gasteiger partial charge is 0.410 e. The number of ether oxygens (including phenoxy) is 1. The van der Waals surface area contributed by atoms with E-state index in [1.54, 1.807) is 24.3 Å². The Hall–Kier alpha value is -2.09. The van der Waals surface area contributed by atoms with E-state index in [4.69, 9.17) is 9.84 Å². The summed E-state index contributed by atoms with van der Waals surface area (Å²) in [4.78, 5) is 23.9. The standard InChI is InChI=1S/C13H15NO6S/c15-12(16)11-8-14(6-7-21(11,18)19)13(17)20-9-10-4-2-1-3-5-10/h1-5,11H,6-9H2,(H,15,16). The fraction of sp³-hybridized carbons (Fsp3) is 0.385. The number of aliphatic carboxylic acids is 1. The average Bonchev–Trinajstić information content (AvgIpc) is 2.45. The first-order chi connectivity index (χ1) is 9.90. The van der Waals surface area contributed by atoms with Gasteiger partial charge < -0.3 is 14.7 Å². The first-order valence-electron chi connectivity index (χ1n) is 6.30. The maximum Gasteiger partial charge on any atom is 0.410 e. The Labute approximate surface area is 122 Å². The van der Waals surface area contributed by atoms with Gasteiger partial charge in [0.05, 0.1) is 12.3 Å². The lowest BCUT2D eigenvalue weighted by atomic mass is 10.2. The zero-order chi connectivity index (χ0) is 15.5. The highest BCUT2D eigenvalue weighted by molar-refractivity contribution is 7.92. The Morgan fingerprint density at radius 1 is 1.29 bits per heavy atom. The number of hydrogen-bond acceptors (Lipinski definition) is 5. The minimum Gasteiger partial charge on any atom is -0.480 e. The van der Waals surface area contributed by atoms with Gasteiger partial charge in [0, 0.05) is 6.54 Å². The summed E-state index contributed by atoms with van der Waals surface area (Å²) < 4.78 is 28.3. The molecule has 114 valence electrons. The van der Waals surface area contributed by atoms with Gasteiger partial charge >= 0.3 is 12.1 Å². The highest BCUT2D eigenvalue weighted by Crippen LogP contribution is 2.14. The van der Waals surface area contributed by atoms with Crippen molar-refractivity contribution in [3.63, 3.8) is 0 Å². The molecule has 1 unspecified atom stereocenters. The summed E-state index contributed by atoms with van der Waals surface area (Å²) in [6.45, 7) is -0.383. The molecule has 1 aromatic carbocycles. The lowest BCUT2D eigenvalue weighted by Crippen LogP contribution is -2.52. The molecule has 1 fully saturated rings. The summed E-state index contributed by atoms with van der Waals surface area (Å²) in [5, 5.41) is 7.34. The first-order valence-corrected chi connectivity index (χ1v) is 8.02. The van der Waals surface area contributed by atoms with Crippen LogP contribution in [0.15, 0.2) is 30.3 Å². The lowest BCUT2D eigenvalue weighted by Gasteiger charge is -2.29. The summed E-state index contributed by atoms with van der Waals surface area (Å²) >= 11 is 0. The summed E-state index contributed by atoms with van der Waals surface area (Å²) in [5.41, 5.74) is 0.797. The van der Waals surface area contributed by atoms with Crippen LogP contribution in [0.5, 0.6) is 0 Å². The van der Waals surface area contributed by atoms with E-state index in [0.717, 1.165) is 10.5 Å². The number of rotatable bonds is 3. The van der Waals surface area contributed by atoms with Crippen molar-refractivity contribution >= 4 is 21.9 Å². The Balaban J connectivity index is 1.96. The van der Waals surface area contributed by atoms with Crippen molar-refractivity contribution in [2.75, 3.05) is 18.8 Å². The maximum atomic E-state index is 11.9. The Morgan fingerprint density at radius 3 is 2.57 bits per heavy atom. The summed E-state index contributed by atoms with van der Waals surface area (Å²) in [7, 11) is -3.71. The molecule has 0 radical (unpaired) electrons. The molecule has 1 amide bonds. The van der Waals surface area contributed by atoms with Crippen molar-refractivity contribution < 1.29 is 27.9 Å². The first kappa shape index (κ1) is 15.3. The van der Waals surface area contributed by atoms with Crippen molar-refractivity contribution in [3.8, 4) is 0 Å². The molecule has 0 spiro atoms. The summed E-state index contributed by atoms with van der Waals surface area (Å²) in [5.74, 6) is -1.82. The van der Waals surface area contributed by atoms with Crippen LogP contribution in [0.1, 0.15) is 5.56 Å². The van der Waals surface area contributed by atoms with Crippen LogP contribution in [-0.2, 0) is 26.0 Å². The van der Waals surface area contributed by atoms with Gasteiger partial charge in [-0.2, -0.15) is 0 Å². The van der Waals surface area contributed by atoms with Crippen molar-refractivity contribution in [2.45, 2.75) is 11.9 Å². The number of amides is 1. The van der Waals surface area contributed by atoms with E-state index in [2.05, 4.69) is 0 Å². The second-order valence-corrected chi connectivity index (χ2v) is 6.98. The third-order valence-electron chi connectivity index (χ3n) is 3.20. The quantitative estimate of drug-likeness (QED) is 0.872. The second-order valence-electron chi connectivity index (χ2n) is 4.68. The van der Waals surface area contributed by atoms with E-state index in [0.29, 0.717) is 0 Å². The van der Waals surface area contributed by atoms with Crippen molar-refractivity contribution in [2.24, 2.45) is 0 Å². The van der Waals surface area contributed by atoms with Crippen molar-refractivity contribution in [1.29, 1.82) is 0 Å². The molecule has 1 heterocycles. The molecular formula is C13H15NO6S. The molecule has 21 heavy (non-hydrogen) atoms. The van der Waals surface area contributed by atoms with Gasteiger partial charge in [-0.15, -0.1) is 0 Å². The number of nitrogens with zero attached hydrogens (tertiary/aromatic N) is 1. The second kappa shape index (κ2) is 6.13. The van der Waals surface area contributed by atoms with E-state index in [-0.39, 0.29) is 25.4 Å². The molecule has 1 aliphatic heterocycles. The van der Waals surface area contributed by atoms with E-state index in [9.17, 15) is 18.0 Å². The predicted octanol–water partition coefficient (Wildman–Crippen LogP) is 0.507. The summed E-state index contributed by atoms with van der Waals surface area (Å²) in [6.07, 6.45) is -0.708. The molecule has 8 heteroatoms. The molecule has 1 atom stereocenters. The normalized spacial score (nSPS) is 20.8. The number of carbonyl (C=O) groups excluding carboxylic acids is 1. The van der Waals surface area contributed by atoms with Gasteiger partial charge in [-0.05, 0) is 5.56 Å². The Bertz CT molecular complexity index is 627. The molecule has 1 saturated heterocycles. The SMILES string of the molecule is O=C(O)C1CN(C(=O)OCc2ccccc2)CCS1(=O)=O. The van der Waals surface area contributed by atoms with Gasteiger partial charge in [-0.1, -0.05) is 30.3 Å². The van der Waals surface area contributed by atoms with Gasteiger partial charge in [-0.25, -0.2) is 13.2 Å². The van der Waals surface area contributed by atoms with Crippen molar-refractivity contribution in [3.05, 3.63) is 35.9 Å². The molecule has 1 N–H and O–H groups in total. The maximum absolute atomic E-state index is 11.9. The monoisotopic (exact) mass is 313 g/mol. The number of hydrogen-bond donors (Lipinski definition) is 1. The van der Waals surface area contributed by atoms with Gasteiger partial charge in [0.2, 0.25) is 0 Å². The highest BCUT2D eigenvalue weighted by atomic mass is 32.2. The van der Waals surface area contributed by atoms with Crippen LogP contribution < -0.4 is 0 Å². The Morgan fingerprint density at radius 2 is 1.95 bits per heavy atom. The summed E-state index contributed by atoms with van der Waals surface area (Å²) in [6, 6.07) is 9.01. The molecule has 0 aliphatic carbocycles. The van der Waals surface area contributed by atoms with Crippen molar-refractivity contribution in [1.82, 2.24) is 4.90 Å². The minimum atomic E-state index is -3.71. The van der Waals surface area contributed by atoms with E-state index in [1.165, 1.54) is 0 Å². The van der Waals surface area contributed by atoms with Gasteiger partial charge in [0.15, 0.2) is 15.1 Å². The van der Waals surface area contributed by atoms with Crippen LogP contribution in [0.4, 0.5) is 4.79 Å². The van der Waals surface area contributed by atoms with E-state index >= 15 is 0 Å². The van der Waals surface area contributed by atoms with Crippen LogP contribution in [0.25, 0.3) is 0 Å². The number of carboxylic acid groups (broad SMARTS) is 1. The van der Waals surface area contributed by atoms with Gasteiger partial charge in [0.1, 0.15) is 6.61 Å². The number of sulfone groups is 1. The molecular weight excluding hydrogens is 298 g/mol. The van der Waals surface area contributed by atoms with Gasteiger partial charge in [0.25, 0.3) is 0 Å². The predicted molar refractivity (Wildman–Crippen MR) is 73.4 cm³/mol. The number of carboxylic acids is 1. The molecule has 0 bridgehead atoms. The fourth-order valence-electron chi connectivity index (χ4n) is 1.99. The minimum absolute atomic E-state index is 0.0558. The van der Waals surface area contributed by atoms with Gasteiger partial charge in [-0.3, -0.25) is 4.79 Å². The van der Waals surface area contributed by atoms with Crippen LogP contribution >= 0.6 is 0 Å². The molecule has 0 aromatic heterocycles. The molecule has 0 saturated carbocycles. The zero-order valence-electron chi connectivity index (χ0n) is 11.1. The molecule has 1 aliphatic rings.